The zero-order chi connectivity index (χ0) is 14.0. The van der Waals surface area contributed by atoms with Crippen molar-refractivity contribution < 1.29 is 14.6 Å². The summed E-state index contributed by atoms with van der Waals surface area (Å²) >= 11 is 0. The zero-order valence-electron chi connectivity index (χ0n) is 12.1. The van der Waals surface area contributed by atoms with Crippen molar-refractivity contribution in [2.75, 3.05) is 13.2 Å². The summed E-state index contributed by atoms with van der Waals surface area (Å²) in [6, 6.07) is 0. The standard InChI is InChI=1S/C14H25NO3/c1-13(2,3)10-18-12(17)15-7-6-11(9-16)8-14(15,4)5/h9,16H,6-8,10H2,1-5H3/b11-9-. The van der Waals surface area contributed by atoms with Crippen LogP contribution in [0.25, 0.3) is 0 Å². The van der Waals surface area contributed by atoms with Crippen molar-refractivity contribution in [1.29, 1.82) is 0 Å². The molecule has 0 unspecified atom stereocenters. The first-order valence-electron chi connectivity index (χ1n) is 6.42. The highest BCUT2D eigenvalue weighted by atomic mass is 16.6. The van der Waals surface area contributed by atoms with Gasteiger partial charge in [-0.15, -0.1) is 0 Å². The van der Waals surface area contributed by atoms with Gasteiger partial charge in [-0.25, -0.2) is 4.79 Å². The highest BCUT2D eigenvalue weighted by Gasteiger charge is 2.36. The largest absolute Gasteiger partial charge is 0.516 e. The number of ether oxygens (including phenoxy) is 1. The molecule has 0 aliphatic carbocycles. The summed E-state index contributed by atoms with van der Waals surface area (Å²) in [6.45, 7) is 11.1. The lowest BCUT2D eigenvalue weighted by molar-refractivity contribution is 0.0348. The van der Waals surface area contributed by atoms with Crippen molar-refractivity contribution in [3.63, 3.8) is 0 Å². The lowest BCUT2D eigenvalue weighted by Gasteiger charge is -2.42. The van der Waals surface area contributed by atoms with Crippen LogP contribution in [-0.4, -0.2) is 34.8 Å². The Balaban J connectivity index is 2.63. The molecule has 1 amide bonds. The number of hydrogen-bond donors (Lipinski definition) is 1. The van der Waals surface area contributed by atoms with Gasteiger partial charge in [-0.1, -0.05) is 20.8 Å². The fourth-order valence-electron chi connectivity index (χ4n) is 2.10. The van der Waals surface area contributed by atoms with Crippen molar-refractivity contribution in [2.45, 2.75) is 53.0 Å². The van der Waals surface area contributed by atoms with E-state index in [0.29, 0.717) is 26.0 Å². The maximum Gasteiger partial charge on any atom is 0.410 e. The van der Waals surface area contributed by atoms with E-state index < -0.39 is 0 Å². The molecule has 18 heavy (non-hydrogen) atoms. The molecule has 1 heterocycles. The maximum atomic E-state index is 12.1. The maximum absolute atomic E-state index is 12.1. The summed E-state index contributed by atoms with van der Waals surface area (Å²) in [7, 11) is 0. The van der Waals surface area contributed by atoms with Gasteiger partial charge in [0.15, 0.2) is 0 Å². The Kier molecular flexibility index (Phi) is 4.30. The summed E-state index contributed by atoms with van der Waals surface area (Å²) in [6.07, 6.45) is 2.31. The Morgan fingerprint density at radius 1 is 1.50 bits per heavy atom. The first kappa shape index (κ1) is 14.9. The number of rotatable bonds is 1. The monoisotopic (exact) mass is 255 g/mol. The van der Waals surface area contributed by atoms with Crippen LogP contribution < -0.4 is 0 Å². The molecule has 4 nitrogen and oxygen atoms in total. The number of likely N-dealkylation sites (tertiary alicyclic amines) is 1. The topological polar surface area (TPSA) is 49.8 Å². The Hall–Kier alpha value is -1.19. The number of aliphatic hydroxyl groups excluding tert-OH is 1. The van der Waals surface area contributed by atoms with E-state index in [0.717, 1.165) is 5.57 Å². The van der Waals surface area contributed by atoms with Crippen LogP contribution >= 0.6 is 0 Å². The van der Waals surface area contributed by atoms with E-state index in [1.807, 2.05) is 34.6 Å². The van der Waals surface area contributed by atoms with E-state index in [1.165, 1.54) is 6.26 Å². The Morgan fingerprint density at radius 2 is 2.11 bits per heavy atom. The number of piperidine rings is 1. The molecular formula is C14H25NO3. The molecule has 104 valence electrons. The molecule has 1 aliphatic rings. The minimum atomic E-state index is -0.304. The van der Waals surface area contributed by atoms with Crippen molar-refractivity contribution in [1.82, 2.24) is 4.90 Å². The molecule has 1 saturated heterocycles. The van der Waals surface area contributed by atoms with Crippen molar-refractivity contribution in [2.24, 2.45) is 5.41 Å². The third-order valence-electron chi connectivity index (χ3n) is 3.08. The van der Waals surface area contributed by atoms with E-state index in [9.17, 15) is 4.79 Å². The molecule has 1 N–H and O–H groups in total. The van der Waals surface area contributed by atoms with Crippen LogP contribution in [0.4, 0.5) is 4.79 Å². The summed E-state index contributed by atoms with van der Waals surface area (Å²) in [5, 5.41) is 9.06. The number of carbonyl (C=O) groups is 1. The van der Waals surface area contributed by atoms with E-state index in [2.05, 4.69) is 0 Å². The number of carbonyl (C=O) groups excluding carboxylic acids is 1. The molecule has 0 aromatic rings. The second-order valence-electron chi connectivity index (χ2n) is 6.79. The van der Waals surface area contributed by atoms with Crippen LogP contribution in [0.5, 0.6) is 0 Å². The predicted molar refractivity (Wildman–Crippen MR) is 71.5 cm³/mol. The van der Waals surface area contributed by atoms with Gasteiger partial charge in [0.2, 0.25) is 0 Å². The number of aliphatic hydroxyl groups is 1. The van der Waals surface area contributed by atoms with Crippen molar-refractivity contribution in [3.8, 4) is 0 Å². The average molecular weight is 255 g/mol. The quantitative estimate of drug-likeness (QED) is 0.730. The minimum absolute atomic E-state index is 0.0221. The molecule has 0 radical (unpaired) electrons. The van der Waals surface area contributed by atoms with Crippen molar-refractivity contribution in [3.05, 3.63) is 11.8 Å². The van der Waals surface area contributed by atoms with Gasteiger partial charge in [0.25, 0.3) is 0 Å². The molecule has 1 rings (SSSR count). The average Bonchev–Trinajstić information content (AvgIpc) is 2.23. The van der Waals surface area contributed by atoms with Crippen LogP contribution in [0.3, 0.4) is 0 Å². The van der Waals surface area contributed by atoms with Gasteiger partial charge in [0, 0.05) is 12.1 Å². The highest BCUT2D eigenvalue weighted by Crippen LogP contribution is 2.31. The highest BCUT2D eigenvalue weighted by molar-refractivity contribution is 5.69. The lowest BCUT2D eigenvalue weighted by atomic mass is 9.88. The second-order valence-corrected chi connectivity index (χ2v) is 6.79. The van der Waals surface area contributed by atoms with Gasteiger partial charge in [-0.2, -0.15) is 0 Å². The summed E-state index contributed by atoms with van der Waals surface area (Å²) in [5.74, 6) is 0. The molecular weight excluding hydrogens is 230 g/mol. The van der Waals surface area contributed by atoms with Crippen LogP contribution in [-0.2, 0) is 4.74 Å². The summed E-state index contributed by atoms with van der Waals surface area (Å²) < 4.78 is 5.36. The Labute approximate surface area is 110 Å². The normalized spacial score (nSPS) is 22.1. The minimum Gasteiger partial charge on any atom is -0.516 e. The van der Waals surface area contributed by atoms with Crippen molar-refractivity contribution >= 4 is 6.09 Å². The van der Waals surface area contributed by atoms with Crippen LogP contribution in [0.2, 0.25) is 0 Å². The molecule has 4 heteroatoms. The number of hydrogen-bond acceptors (Lipinski definition) is 3. The fraction of sp³-hybridized carbons (Fsp3) is 0.786. The SMILES string of the molecule is CC(C)(C)COC(=O)N1CC/C(=C/O)CC1(C)C. The second kappa shape index (κ2) is 5.21. The molecule has 0 atom stereocenters. The number of nitrogens with zero attached hydrogens (tertiary/aromatic N) is 1. The smallest absolute Gasteiger partial charge is 0.410 e. The fourth-order valence-corrected chi connectivity index (χ4v) is 2.10. The molecule has 0 aromatic carbocycles. The third kappa shape index (κ3) is 3.93. The van der Waals surface area contributed by atoms with Gasteiger partial charge in [-0.3, -0.25) is 0 Å². The summed E-state index contributed by atoms with van der Waals surface area (Å²) in [5.41, 5.74) is 0.660. The van der Waals surface area contributed by atoms with Crippen LogP contribution in [0, 0.1) is 5.41 Å². The summed E-state index contributed by atoms with van der Waals surface area (Å²) in [4.78, 5) is 13.8. The lowest BCUT2D eigenvalue weighted by Crippen LogP contribution is -2.51. The molecule has 0 aromatic heterocycles. The van der Waals surface area contributed by atoms with Gasteiger partial charge in [0.05, 0.1) is 12.9 Å². The molecule has 1 fully saturated rings. The molecule has 0 bridgehead atoms. The van der Waals surface area contributed by atoms with Gasteiger partial charge in [0.1, 0.15) is 0 Å². The molecule has 1 aliphatic heterocycles. The number of amides is 1. The van der Waals surface area contributed by atoms with E-state index >= 15 is 0 Å². The van der Waals surface area contributed by atoms with Crippen LogP contribution in [0.15, 0.2) is 11.8 Å². The van der Waals surface area contributed by atoms with Gasteiger partial charge >= 0.3 is 6.09 Å². The molecule has 0 saturated carbocycles. The Morgan fingerprint density at radius 3 is 2.56 bits per heavy atom. The first-order chi connectivity index (χ1) is 8.15. The Bertz CT molecular complexity index is 339. The predicted octanol–water partition coefficient (Wildman–Crippen LogP) is 3.49. The van der Waals surface area contributed by atoms with Gasteiger partial charge < -0.3 is 14.7 Å². The molecule has 0 spiro atoms. The zero-order valence-corrected chi connectivity index (χ0v) is 12.1. The van der Waals surface area contributed by atoms with Crippen LogP contribution in [0.1, 0.15) is 47.5 Å². The van der Waals surface area contributed by atoms with Gasteiger partial charge in [-0.05, 0) is 37.7 Å². The third-order valence-corrected chi connectivity index (χ3v) is 3.08. The van der Waals surface area contributed by atoms with E-state index in [-0.39, 0.29) is 17.0 Å². The first-order valence-corrected chi connectivity index (χ1v) is 6.42. The van der Waals surface area contributed by atoms with E-state index in [4.69, 9.17) is 9.84 Å². The van der Waals surface area contributed by atoms with E-state index in [1.54, 1.807) is 4.90 Å².